The van der Waals surface area contributed by atoms with E-state index in [0.29, 0.717) is 24.7 Å². The number of hydrogen-bond donors (Lipinski definition) is 1. The van der Waals surface area contributed by atoms with Crippen molar-refractivity contribution in [2.75, 3.05) is 6.61 Å². The Bertz CT molecular complexity index is 1280. The summed E-state index contributed by atoms with van der Waals surface area (Å²) in [7, 11) is 0. The van der Waals surface area contributed by atoms with E-state index < -0.39 is 5.97 Å². The third-order valence-corrected chi connectivity index (χ3v) is 5.85. The minimum absolute atomic E-state index is 0.0739. The van der Waals surface area contributed by atoms with E-state index in [1.807, 2.05) is 47.3 Å². The monoisotopic (exact) mass is 428 g/mol. The summed E-state index contributed by atoms with van der Waals surface area (Å²) >= 11 is 0. The number of aliphatic carboxylic acids is 1. The van der Waals surface area contributed by atoms with Gasteiger partial charge in [-0.15, -0.1) is 0 Å². The van der Waals surface area contributed by atoms with Crippen molar-refractivity contribution >= 4 is 16.9 Å². The summed E-state index contributed by atoms with van der Waals surface area (Å²) in [4.78, 5) is 11.0. The van der Waals surface area contributed by atoms with Gasteiger partial charge in [0.05, 0.1) is 31.3 Å². The van der Waals surface area contributed by atoms with E-state index in [9.17, 15) is 4.79 Å². The second-order valence-electron chi connectivity index (χ2n) is 8.23. The predicted molar refractivity (Wildman–Crippen MR) is 121 cm³/mol. The molecule has 1 unspecified atom stereocenters. The van der Waals surface area contributed by atoms with Crippen molar-refractivity contribution in [3.63, 3.8) is 0 Å². The minimum Gasteiger partial charge on any atom is -0.492 e. The van der Waals surface area contributed by atoms with E-state index in [1.54, 1.807) is 0 Å². The van der Waals surface area contributed by atoms with Crippen LogP contribution in [0.4, 0.5) is 0 Å². The summed E-state index contributed by atoms with van der Waals surface area (Å²) in [6, 6.07) is 20.2. The molecule has 0 saturated heterocycles. The smallest absolute Gasteiger partial charge is 0.304 e. The molecule has 32 heavy (non-hydrogen) atoms. The van der Waals surface area contributed by atoms with Gasteiger partial charge in [-0.2, -0.15) is 5.10 Å². The molecule has 5 rings (SSSR count). The number of benzene rings is 3. The van der Waals surface area contributed by atoms with Crippen molar-refractivity contribution in [3.05, 3.63) is 89.1 Å². The summed E-state index contributed by atoms with van der Waals surface area (Å²) in [5, 5.41) is 14.7. The first-order valence-electron chi connectivity index (χ1n) is 10.7. The number of rotatable bonds is 7. The van der Waals surface area contributed by atoms with Gasteiger partial charge in [0.25, 0.3) is 0 Å². The Hall–Kier alpha value is -3.80. The third-order valence-electron chi connectivity index (χ3n) is 5.85. The second-order valence-corrected chi connectivity index (χ2v) is 8.23. The highest BCUT2D eigenvalue weighted by atomic mass is 16.5. The molecule has 1 atom stereocenters. The van der Waals surface area contributed by atoms with Crippen LogP contribution in [-0.4, -0.2) is 27.5 Å². The number of aromatic nitrogens is 2. The fourth-order valence-corrected chi connectivity index (χ4v) is 4.38. The van der Waals surface area contributed by atoms with Crippen molar-refractivity contribution in [3.8, 4) is 11.5 Å². The fourth-order valence-electron chi connectivity index (χ4n) is 4.38. The van der Waals surface area contributed by atoms with Gasteiger partial charge in [-0.05, 0) is 35.7 Å². The predicted octanol–water partition coefficient (Wildman–Crippen LogP) is 4.92. The zero-order chi connectivity index (χ0) is 22.1. The Morgan fingerprint density at radius 3 is 2.81 bits per heavy atom. The van der Waals surface area contributed by atoms with Gasteiger partial charge in [-0.1, -0.05) is 42.5 Å². The van der Waals surface area contributed by atoms with Gasteiger partial charge in [0.15, 0.2) is 0 Å². The summed E-state index contributed by atoms with van der Waals surface area (Å²) in [5.41, 5.74) is 5.51. The molecule has 2 heterocycles. The largest absolute Gasteiger partial charge is 0.492 e. The number of carboxylic acid groups (broad SMARTS) is 1. The van der Waals surface area contributed by atoms with Crippen LogP contribution < -0.4 is 9.47 Å². The van der Waals surface area contributed by atoms with Crippen molar-refractivity contribution in [1.29, 1.82) is 0 Å². The molecule has 6 heteroatoms. The number of carboxylic acids is 1. The molecule has 1 aliphatic rings. The molecule has 1 aliphatic heterocycles. The quantitative estimate of drug-likeness (QED) is 0.452. The first kappa shape index (κ1) is 20.1. The number of nitrogens with zero attached hydrogens (tertiary/aromatic N) is 2. The SMILES string of the molecule is Cc1cc(COc2ccc3c(c2)OCC3CC(=O)O)cc2cnn(Cc3ccccc3)c12. The van der Waals surface area contributed by atoms with Gasteiger partial charge in [0.2, 0.25) is 0 Å². The maximum Gasteiger partial charge on any atom is 0.304 e. The Morgan fingerprint density at radius 1 is 1.16 bits per heavy atom. The van der Waals surface area contributed by atoms with Crippen LogP contribution in [-0.2, 0) is 17.9 Å². The zero-order valence-electron chi connectivity index (χ0n) is 17.8. The summed E-state index contributed by atoms with van der Waals surface area (Å²) in [6.07, 6.45) is 1.98. The van der Waals surface area contributed by atoms with Crippen LogP contribution >= 0.6 is 0 Å². The third kappa shape index (κ3) is 4.04. The van der Waals surface area contributed by atoms with Crippen LogP contribution in [0, 0.1) is 6.92 Å². The number of hydrogen-bond acceptors (Lipinski definition) is 4. The molecule has 6 nitrogen and oxygen atoms in total. The lowest BCUT2D eigenvalue weighted by atomic mass is 9.98. The normalized spacial score (nSPS) is 14.8. The molecule has 0 spiro atoms. The molecule has 0 aliphatic carbocycles. The Balaban J connectivity index is 1.31. The molecule has 0 saturated carbocycles. The number of carbonyl (C=O) groups is 1. The highest BCUT2D eigenvalue weighted by molar-refractivity contribution is 5.82. The summed E-state index contributed by atoms with van der Waals surface area (Å²) in [6.45, 7) is 3.66. The van der Waals surface area contributed by atoms with Gasteiger partial charge in [-0.25, -0.2) is 0 Å². The van der Waals surface area contributed by atoms with Crippen LogP contribution in [0.25, 0.3) is 10.9 Å². The van der Waals surface area contributed by atoms with Gasteiger partial charge in [0.1, 0.15) is 18.1 Å². The Labute approximate surface area is 186 Å². The highest BCUT2D eigenvalue weighted by Crippen LogP contribution is 2.38. The summed E-state index contributed by atoms with van der Waals surface area (Å²) in [5.74, 6) is 0.499. The van der Waals surface area contributed by atoms with E-state index in [-0.39, 0.29) is 12.3 Å². The Kier molecular flexibility index (Phi) is 5.27. The van der Waals surface area contributed by atoms with Crippen LogP contribution in [0.5, 0.6) is 11.5 Å². The van der Waals surface area contributed by atoms with Crippen molar-refractivity contribution < 1.29 is 19.4 Å². The van der Waals surface area contributed by atoms with E-state index in [2.05, 4.69) is 36.3 Å². The average Bonchev–Trinajstić information content (AvgIpc) is 3.37. The maximum absolute atomic E-state index is 11.0. The molecule has 0 radical (unpaired) electrons. The molecule has 4 aromatic rings. The standard InChI is InChI=1S/C26H24N2O4/c1-17-9-19(10-20-13-27-28(26(17)20)14-18-5-3-2-4-6-18)15-31-22-7-8-23-21(11-25(29)30)16-32-24(23)12-22/h2-10,12-13,21H,11,14-16H2,1H3,(H,29,30). The number of fused-ring (bicyclic) bond motifs is 2. The average molecular weight is 428 g/mol. The summed E-state index contributed by atoms with van der Waals surface area (Å²) < 4.78 is 13.7. The van der Waals surface area contributed by atoms with Crippen LogP contribution in [0.1, 0.15) is 34.6 Å². The molecule has 162 valence electrons. The minimum atomic E-state index is -0.815. The lowest BCUT2D eigenvalue weighted by Gasteiger charge is -2.11. The van der Waals surface area contributed by atoms with Crippen LogP contribution in [0.15, 0.2) is 66.9 Å². The van der Waals surface area contributed by atoms with Gasteiger partial charge in [0, 0.05) is 22.9 Å². The van der Waals surface area contributed by atoms with Gasteiger partial charge >= 0.3 is 5.97 Å². The molecule has 1 aromatic heterocycles. The fraction of sp³-hybridized carbons (Fsp3) is 0.231. The number of ether oxygens (including phenoxy) is 2. The van der Waals surface area contributed by atoms with Crippen LogP contribution in [0.3, 0.4) is 0 Å². The van der Waals surface area contributed by atoms with Crippen molar-refractivity contribution in [2.45, 2.75) is 32.4 Å². The van der Waals surface area contributed by atoms with Gasteiger partial charge < -0.3 is 14.6 Å². The zero-order valence-corrected chi connectivity index (χ0v) is 17.8. The second kappa shape index (κ2) is 8.38. The highest BCUT2D eigenvalue weighted by Gasteiger charge is 2.26. The van der Waals surface area contributed by atoms with E-state index in [4.69, 9.17) is 14.6 Å². The van der Waals surface area contributed by atoms with E-state index in [1.165, 1.54) is 5.56 Å². The van der Waals surface area contributed by atoms with E-state index in [0.717, 1.165) is 34.1 Å². The van der Waals surface area contributed by atoms with Crippen LogP contribution in [0.2, 0.25) is 0 Å². The molecular formula is C26H24N2O4. The maximum atomic E-state index is 11.0. The lowest BCUT2D eigenvalue weighted by molar-refractivity contribution is -0.137. The van der Waals surface area contributed by atoms with Crippen molar-refractivity contribution in [1.82, 2.24) is 9.78 Å². The molecule has 1 N–H and O–H groups in total. The molecule has 0 amide bonds. The van der Waals surface area contributed by atoms with Gasteiger partial charge in [-0.3, -0.25) is 9.48 Å². The first-order valence-corrected chi connectivity index (χ1v) is 10.7. The molecule has 0 fully saturated rings. The molecule has 3 aromatic carbocycles. The topological polar surface area (TPSA) is 73.6 Å². The lowest BCUT2D eigenvalue weighted by Crippen LogP contribution is -2.07. The van der Waals surface area contributed by atoms with Crippen molar-refractivity contribution in [2.24, 2.45) is 0 Å². The Morgan fingerprint density at radius 2 is 2.00 bits per heavy atom. The van der Waals surface area contributed by atoms with E-state index >= 15 is 0 Å². The molecular weight excluding hydrogens is 404 g/mol. The molecule has 0 bridgehead atoms. The number of aryl methyl sites for hydroxylation is 1. The first-order chi connectivity index (χ1) is 15.6.